The van der Waals surface area contributed by atoms with Gasteiger partial charge in [0.2, 0.25) is 11.8 Å². The zero-order valence-electron chi connectivity index (χ0n) is 18.6. The lowest BCUT2D eigenvalue weighted by Gasteiger charge is -2.43. The Hall–Kier alpha value is -2.36. The minimum atomic E-state index is -0.295. The number of anilines is 1. The largest absolute Gasteiger partial charge is 0.497 e. The number of aromatic nitrogens is 1. The number of rotatable bonds is 3. The summed E-state index contributed by atoms with van der Waals surface area (Å²) in [6.07, 6.45) is 0.884. The summed E-state index contributed by atoms with van der Waals surface area (Å²) < 4.78 is 6.27. The van der Waals surface area contributed by atoms with Crippen molar-refractivity contribution in [3.8, 4) is 5.75 Å². The van der Waals surface area contributed by atoms with Crippen LogP contribution in [0.4, 0.5) is 5.69 Å². The van der Waals surface area contributed by atoms with E-state index in [2.05, 4.69) is 33.0 Å². The molecule has 178 valence electrons. The van der Waals surface area contributed by atoms with Crippen LogP contribution in [0.3, 0.4) is 0 Å². The maximum absolute atomic E-state index is 13.7. The number of hydrogen-bond acceptors (Lipinski definition) is 6. The van der Waals surface area contributed by atoms with Crippen molar-refractivity contribution in [2.24, 2.45) is 29.6 Å². The summed E-state index contributed by atoms with van der Waals surface area (Å²) in [5.41, 5.74) is 1.77. The lowest BCUT2D eigenvalue weighted by molar-refractivity contribution is -0.123. The predicted molar refractivity (Wildman–Crippen MR) is 138 cm³/mol. The maximum Gasteiger partial charge on any atom is 0.305 e. The highest BCUT2D eigenvalue weighted by atomic mass is 79.9. The molecule has 0 radical (unpaired) electrons. The molecule has 4 aliphatic rings. The number of amides is 2. The second-order valence-corrected chi connectivity index (χ2v) is 12.8. The number of nitrogens with one attached hydrogen (secondary N) is 1. The molecule has 3 heterocycles. The predicted octanol–water partition coefficient (Wildman–Crippen LogP) is 4.89. The molecule has 2 aliphatic carbocycles. The number of fused-ring (bicyclic) bond motifs is 9. The molecular formula is C26H21BrN2O4S2. The Bertz CT molecular complexity index is 1420. The zero-order chi connectivity index (χ0) is 24.0. The number of imide groups is 1. The summed E-state index contributed by atoms with van der Waals surface area (Å²) in [4.78, 5) is 45.2. The summed E-state index contributed by atoms with van der Waals surface area (Å²) in [5, 5.41) is 1.11. The second kappa shape index (κ2) is 7.82. The van der Waals surface area contributed by atoms with Crippen molar-refractivity contribution in [2.75, 3.05) is 12.0 Å². The van der Waals surface area contributed by atoms with Gasteiger partial charge in [0.05, 0.1) is 29.7 Å². The third kappa shape index (κ3) is 3.04. The van der Waals surface area contributed by atoms with Crippen molar-refractivity contribution in [3.05, 3.63) is 73.1 Å². The molecule has 0 spiro atoms. The van der Waals surface area contributed by atoms with E-state index >= 15 is 0 Å². The van der Waals surface area contributed by atoms with Gasteiger partial charge in [-0.2, -0.15) is 0 Å². The number of hydrogen-bond donors (Lipinski definition) is 1. The van der Waals surface area contributed by atoms with E-state index in [0.717, 1.165) is 32.1 Å². The minimum Gasteiger partial charge on any atom is -0.497 e. The monoisotopic (exact) mass is 568 g/mol. The zero-order valence-corrected chi connectivity index (χ0v) is 21.9. The van der Waals surface area contributed by atoms with E-state index in [0.29, 0.717) is 5.69 Å². The molecule has 3 aromatic rings. The van der Waals surface area contributed by atoms with Gasteiger partial charge in [-0.25, -0.2) is 0 Å². The van der Waals surface area contributed by atoms with Gasteiger partial charge in [-0.15, -0.1) is 11.8 Å². The minimum absolute atomic E-state index is 0.0201. The molecule has 6 nitrogen and oxygen atoms in total. The highest BCUT2D eigenvalue weighted by molar-refractivity contribution is 9.10. The van der Waals surface area contributed by atoms with E-state index in [9.17, 15) is 14.4 Å². The smallest absolute Gasteiger partial charge is 0.305 e. The summed E-state index contributed by atoms with van der Waals surface area (Å²) in [5.74, 6) is 0.509. The third-order valence-corrected chi connectivity index (χ3v) is 11.4. The fraction of sp³-hybridized carbons (Fsp3) is 0.346. The van der Waals surface area contributed by atoms with Gasteiger partial charge < -0.3 is 9.72 Å². The van der Waals surface area contributed by atoms with Crippen molar-refractivity contribution in [1.29, 1.82) is 0 Å². The van der Waals surface area contributed by atoms with Crippen LogP contribution in [-0.2, 0) is 9.59 Å². The Labute approximate surface area is 218 Å². The summed E-state index contributed by atoms with van der Waals surface area (Å²) in [7, 11) is 1.65. The lowest BCUT2D eigenvalue weighted by atomic mass is 9.68. The number of thioether (sulfide) groups is 1. The molecule has 1 aromatic heterocycles. The summed E-state index contributed by atoms with van der Waals surface area (Å²) in [6.45, 7) is 0. The van der Waals surface area contributed by atoms with Gasteiger partial charge in [0.25, 0.3) is 0 Å². The standard InChI is InChI=1S/C26H21BrN2O4S2/c1-33-14-8-2-11(3-9-14)17-18-15-10-16(21(18)34-23-22(17)35-26(32)28-23)20-19(15)24(30)29(25(20)31)13-6-4-12(27)5-7-13/h2-9,15-21H,10H2,1H3,(H,28,32)/t15?,16?,17-,18?,19?,20?,21?/m1/s1. The Morgan fingerprint density at radius 1 is 0.971 bits per heavy atom. The molecule has 7 rings (SSSR count). The molecule has 2 aliphatic heterocycles. The number of benzene rings is 2. The summed E-state index contributed by atoms with van der Waals surface area (Å²) >= 11 is 6.42. The van der Waals surface area contributed by atoms with E-state index in [1.165, 1.54) is 16.2 Å². The summed E-state index contributed by atoms with van der Waals surface area (Å²) in [6, 6.07) is 15.4. The number of aromatic amines is 1. The van der Waals surface area contributed by atoms with Gasteiger partial charge in [0, 0.05) is 20.5 Å². The molecule has 2 amide bonds. The van der Waals surface area contributed by atoms with Crippen molar-refractivity contribution >= 4 is 56.5 Å². The van der Waals surface area contributed by atoms with Gasteiger partial charge >= 0.3 is 4.87 Å². The number of carbonyl (C=O) groups is 2. The van der Waals surface area contributed by atoms with E-state index < -0.39 is 0 Å². The highest BCUT2D eigenvalue weighted by Crippen LogP contribution is 2.68. The molecule has 6 unspecified atom stereocenters. The van der Waals surface area contributed by atoms with Crippen LogP contribution in [0.15, 0.2) is 62.8 Å². The number of methoxy groups -OCH3 is 1. The second-order valence-electron chi connectivity index (χ2n) is 9.72. The first-order valence-corrected chi connectivity index (χ1v) is 14.1. The van der Waals surface area contributed by atoms with E-state index in [1.807, 2.05) is 36.4 Å². The topological polar surface area (TPSA) is 79.5 Å². The first kappa shape index (κ1) is 21.9. The Morgan fingerprint density at radius 2 is 1.66 bits per heavy atom. The van der Waals surface area contributed by atoms with E-state index in [1.54, 1.807) is 18.9 Å². The first-order chi connectivity index (χ1) is 17.0. The van der Waals surface area contributed by atoms with Gasteiger partial charge in [-0.05, 0) is 66.1 Å². The molecule has 7 atom stereocenters. The van der Waals surface area contributed by atoms with Crippen LogP contribution in [0.25, 0.3) is 0 Å². The van der Waals surface area contributed by atoms with Crippen molar-refractivity contribution in [3.63, 3.8) is 0 Å². The molecule has 2 bridgehead atoms. The van der Waals surface area contributed by atoms with E-state index in [-0.39, 0.29) is 57.4 Å². The molecule has 1 N–H and O–H groups in total. The average molecular weight is 570 g/mol. The fourth-order valence-corrected chi connectivity index (χ4v) is 10.2. The Balaban J connectivity index is 1.31. The normalized spacial score (nSPS) is 32.5. The third-order valence-electron chi connectivity index (χ3n) is 8.28. The first-order valence-electron chi connectivity index (χ1n) is 11.6. The molecule has 35 heavy (non-hydrogen) atoms. The number of H-pyrrole nitrogens is 1. The highest BCUT2D eigenvalue weighted by Gasteiger charge is 2.69. The quantitative estimate of drug-likeness (QED) is 0.455. The lowest BCUT2D eigenvalue weighted by Crippen LogP contribution is -2.42. The molecule has 2 saturated carbocycles. The van der Waals surface area contributed by atoms with Crippen LogP contribution in [0.5, 0.6) is 5.75 Å². The van der Waals surface area contributed by atoms with Crippen LogP contribution in [0.2, 0.25) is 0 Å². The van der Waals surface area contributed by atoms with E-state index in [4.69, 9.17) is 4.74 Å². The van der Waals surface area contributed by atoms with Crippen molar-refractivity contribution in [1.82, 2.24) is 4.98 Å². The Morgan fingerprint density at radius 3 is 2.34 bits per heavy atom. The number of nitrogens with zero attached hydrogens (tertiary/aromatic N) is 1. The van der Waals surface area contributed by atoms with Crippen molar-refractivity contribution in [2.45, 2.75) is 22.6 Å². The van der Waals surface area contributed by atoms with Crippen LogP contribution < -0.4 is 14.5 Å². The molecule has 3 fully saturated rings. The SMILES string of the molecule is COc1ccc([C@H]2c3sc(=O)[nH]c3SC3C4CC(C5C(=O)N(c6ccc(Br)cc6)C(=O)C45)C32)cc1. The van der Waals surface area contributed by atoms with Crippen LogP contribution in [0, 0.1) is 29.6 Å². The Kier molecular flexibility index (Phi) is 4.89. The van der Waals surface area contributed by atoms with Crippen molar-refractivity contribution < 1.29 is 14.3 Å². The van der Waals surface area contributed by atoms with Gasteiger partial charge in [-0.1, -0.05) is 39.4 Å². The fourth-order valence-electron chi connectivity index (χ4n) is 7.05. The van der Waals surface area contributed by atoms with Crippen LogP contribution >= 0.6 is 39.0 Å². The molecule has 1 saturated heterocycles. The molecule has 2 aromatic carbocycles. The molecule has 9 heteroatoms. The number of carbonyl (C=O) groups excluding carboxylic acids is 2. The van der Waals surface area contributed by atoms with Crippen LogP contribution in [0.1, 0.15) is 22.8 Å². The number of ether oxygens (including phenoxy) is 1. The number of thiazole rings is 1. The number of halogens is 1. The maximum atomic E-state index is 13.7. The van der Waals surface area contributed by atoms with Gasteiger partial charge in [-0.3, -0.25) is 19.3 Å². The van der Waals surface area contributed by atoms with Crippen LogP contribution in [-0.4, -0.2) is 29.2 Å². The van der Waals surface area contributed by atoms with Gasteiger partial charge in [0.15, 0.2) is 0 Å². The average Bonchev–Trinajstić information content (AvgIpc) is 3.59. The molecular weight excluding hydrogens is 548 g/mol. The van der Waals surface area contributed by atoms with Gasteiger partial charge in [0.1, 0.15) is 5.75 Å².